The second-order valence-electron chi connectivity index (χ2n) is 5.76. The largest absolute Gasteiger partial charge is 0.326 e. The Hall–Kier alpha value is -2.30. The first kappa shape index (κ1) is 20.4. The fraction of sp³-hybridized carbons (Fsp3) is 0.111. The lowest BCUT2D eigenvalue weighted by molar-refractivity contribution is -0.116. The Morgan fingerprint density at radius 3 is 2.46 bits per heavy atom. The van der Waals surface area contributed by atoms with Crippen molar-refractivity contribution in [3.63, 3.8) is 0 Å². The Balaban J connectivity index is 1.55. The molecule has 146 valence electrons. The van der Waals surface area contributed by atoms with E-state index >= 15 is 0 Å². The van der Waals surface area contributed by atoms with E-state index in [1.165, 1.54) is 12.1 Å². The third kappa shape index (κ3) is 5.60. The van der Waals surface area contributed by atoms with Crippen LogP contribution < -0.4 is 10.0 Å². The smallest absolute Gasteiger partial charge is 0.263 e. The van der Waals surface area contributed by atoms with E-state index in [9.17, 15) is 17.6 Å². The van der Waals surface area contributed by atoms with Crippen molar-refractivity contribution in [3.8, 4) is 0 Å². The number of nitrogens with one attached hydrogen (secondary N) is 2. The van der Waals surface area contributed by atoms with Crippen LogP contribution in [-0.4, -0.2) is 19.3 Å². The van der Waals surface area contributed by atoms with Gasteiger partial charge in [0.25, 0.3) is 10.0 Å². The Morgan fingerprint density at radius 2 is 1.79 bits per heavy atom. The first-order valence-electron chi connectivity index (χ1n) is 8.10. The molecule has 2 aromatic carbocycles. The lowest BCUT2D eigenvalue weighted by atomic mass is 10.2. The molecule has 0 fully saturated rings. The summed E-state index contributed by atoms with van der Waals surface area (Å²) in [6.07, 6.45) is 0.584. The van der Waals surface area contributed by atoms with Crippen molar-refractivity contribution < 1.29 is 17.6 Å². The summed E-state index contributed by atoms with van der Waals surface area (Å²) in [7, 11) is -3.84. The molecule has 0 aliphatic carbocycles. The number of anilines is 2. The number of carbonyl (C=O) groups is 1. The summed E-state index contributed by atoms with van der Waals surface area (Å²) in [5.74, 6) is -0.680. The van der Waals surface area contributed by atoms with Crippen LogP contribution in [-0.2, 0) is 21.2 Å². The molecule has 1 amide bonds. The number of sulfonamides is 1. The Bertz CT molecular complexity index is 1070. The maximum Gasteiger partial charge on any atom is 0.263 e. The molecule has 3 rings (SSSR count). The van der Waals surface area contributed by atoms with Crippen molar-refractivity contribution in [2.75, 3.05) is 10.0 Å². The molecular weight excluding hydrogens is 469 g/mol. The Kier molecular flexibility index (Phi) is 6.42. The molecule has 0 aliphatic rings. The van der Waals surface area contributed by atoms with Gasteiger partial charge in [0.2, 0.25) is 5.91 Å². The number of aryl methyl sites for hydroxylation is 1. The summed E-state index contributed by atoms with van der Waals surface area (Å²) in [5, 5.41) is 4.66. The zero-order chi connectivity index (χ0) is 20.1. The monoisotopic (exact) mass is 483 g/mol. The first-order chi connectivity index (χ1) is 13.3. The fourth-order valence-corrected chi connectivity index (χ4v) is 4.52. The summed E-state index contributed by atoms with van der Waals surface area (Å²) in [6.45, 7) is 0. The summed E-state index contributed by atoms with van der Waals surface area (Å²) < 4.78 is 40.8. The number of hydrogen-bond donors (Lipinski definition) is 2. The maximum absolute atomic E-state index is 13.0. The number of hydrogen-bond acceptors (Lipinski definition) is 5. The number of amides is 1. The average Bonchev–Trinajstić information content (AvgIpc) is 3.09. The van der Waals surface area contributed by atoms with Gasteiger partial charge >= 0.3 is 0 Å². The molecule has 0 atom stereocenters. The van der Waals surface area contributed by atoms with Crippen molar-refractivity contribution in [2.45, 2.75) is 17.7 Å². The van der Waals surface area contributed by atoms with Gasteiger partial charge in [-0.25, -0.2) is 17.8 Å². The summed E-state index contributed by atoms with van der Waals surface area (Å²) in [5.41, 5.74) is 1.30. The molecule has 0 bridgehead atoms. The molecule has 28 heavy (non-hydrogen) atoms. The van der Waals surface area contributed by atoms with Crippen LogP contribution in [0.25, 0.3) is 0 Å². The number of carbonyl (C=O) groups excluding carboxylic acids is 1. The van der Waals surface area contributed by atoms with Crippen molar-refractivity contribution in [1.82, 2.24) is 4.98 Å². The van der Waals surface area contributed by atoms with Gasteiger partial charge in [-0.05, 0) is 55.0 Å². The first-order valence-corrected chi connectivity index (χ1v) is 11.3. The van der Waals surface area contributed by atoms with Gasteiger partial charge < -0.3 is 5.32 Å². The van der Waals surface area contributed by atoms with Crippen LogP contribution in [0, 0.1) is 5.82 Å². The van der Waals surface area contributed by atoms with Crippen LogP contribution in [0.5, 0.6) is 0 Å². The van der Waals surface area contributed by atoms with Gasteiger partial charge in [0.1, 0.15) is 5.82 Å². The summed E-state index contributed by atoms with van der Waals surface area (Å²) in [6, 6.07) is 11.7. The van der Waals surface area contributed by atoms with Crippen LogP contribution in [0.1, 0.15) is 12.1 Å². The molecule has 1 heterocycles. The van der Waals surface area contributed by atoms with E-state index in [1.54, 1.807) is 17.5 Å². The fourth-order valence-electron chi connectivity index (χ4n) is 2.25. The van der Waals surface area contributed by atoms with Crippen molar-refractivity contribution >= 4 is 54.0 Å². The third-order valence-corrected chi connectivity index (χ3v) is 6.45. The number of thiazole rings is 1. The zero-order valence-electron chi connectivity index (χ0n) is 14.4. The number of nitrogens with zero attached hydrogens (tertiary/aromatic N) is 1. The van der Waals surface area contributed by atoms with E-state index in [0.717, 1.165) is 27.9 Å². The molecule has 0 saturated carbocycles. The van der Waals surface area contributed by atoms with Gasteiger partial charge in [-0.2, -0.15) is 0 Å². The summed E-state index contributed by atoms with van der Waals surface area (Å²) >= 11 is 4.45. The van der Waals surface area contributed by atoms with Crippen LogP contribution in [0.2, 0.25) is 0 Å². The highest BCUT2D eigenvalue weighted by Crippen LogP contribution is 2.21. The van der Waals surface area contributed by atoms with Gasteiger partial charge in [0, 0.05) is 22.0 Å². The predicted octanol–water partition coefficient (Wildman–Crippen LogP) is 4.42. The second kappa shape index (κ2) is 8.80. The van der Waals surface area contributed by atoms with Gasteiger partial charge in [-0.1, -0.05) is 15.9 Å². The van der Waals surface area contributed by atoms with Crippen molar-refractivity contribution in [1.29, 1.82) is 0 Å². The molecule has 3 aromatic rings. The lowest BCUT2D eigenvalue weighted by Crippen LogP contribution is -2.13. The molecule has 0 radical (unpaired) electrons. The standard InChI is InChI=1S/C18H15BrFN3O3S2/c19-12-1-5-14(6-2-12)21-17(24)10-7-15-11-27-18(22-15)23-28(25,26)16-8-3-13(20)4-9-16/h1-6,8-9,11H,7,10H2,(H,21,24)(H,22,23). The quantitative estimate of drug-likeness (QED) is 0.520. The summed E-state index contributed by atoms with van der Waals surface area (Å²) in [4.78, 5) is 16.2. The molecule has 1 aromatic heterocycles. The SMILES string of the molecule is O=C(CCc1csc(NS(=O)(=O)c2ccc(F)cc2)n1)Nc1ccc(Br)cc1. The van der Waals surface area contributed by atoms with Crippen LogP contribution >= 0.6 is 27.3 Å². The minimum Gasteiger partial charge on any atom is -0.326 e. The molecule has 0 spiro atoms. The number of aromatic nitrogens is 1. The van der Waals surface area contributed by atoms with E-state index in [-0.39, 0.29) is 22.4 Å². The number of benzene rings is 2. The molecule has 2 N–H and O–H groups in total. The molecule has 6 nitrogen and oxygen atoms in total. The van der Waals surface area contributed by atoms with E-state index in [2.05, 4.69) is 31.0 Å². The van der Waals surface area contributed by atoms with Crippen LogP contribution in [0.15, 0.2) is 63.3 Å². The molecular formula is C18H15BrFN3O3S2. The maximum atomic E-state index is 13.0. The predicted molar refractivity (Wildman–Crippen MR) is 110 cm³/mol. The Labute approximate surface area is 174 Å². The normalized spacial score (nSPS) is 11.2. The van der Waals surface area contributed by atoms with Crippen LogP contribution in [0.3, 0.4) is 0 Å². The van der Waals surface area contributed by atoms with E-state index < -0.39 is 15.8 Å². The molecule has 0 aliphatic heterocycles. The second-order valence-corrected chi connectivity index (χ2v) is 9.21. The highest BCUT2D eigenvalue weighted by atomic mass is 79.9. The minimum atomic E-state index is -3.84. The number of rotatable bonds is 7. The van der Waals surface area contributed by atoms with Crippen molar-refractivity contribution in [2.24, 2.45) is 0 Å². The zero-order valence-corrected chi connectivity index (χ0v) is 17.6. The van der Waals surface area contributed by atoms with E-state index in [4.69, 9.17) is 0 Å². The third-order valence-electron chi connectivity index (χ3n) is 3.63. The van der Waals surface area contributed by atoms with Gasteiger partial charge in [-0.3, -0.25) is 9.52 Å². The topological polar surface area (TPSA) is 88.2 Å². The average molecular weight is 484 g/mol. The van der Waals surface area contributed by atoms with Crippen LogP contribution in [0.4, 0.5) is 15.2 Å². The molecule has 0 saturated heterocycles. The molecule has 0 unspecified atom stereocenters. The van der Waals surface area contributed by atoms with Gasteiger partial charge in [0.15, 0.2) is 5.13 Å². The molecule has 10 heteroatoms. The highest BCUT2D eigenvalue weighted by Gasteiger charge is 2.16. The lowest BCUT2D eigenvalue weighted by Gasteiger charge is -2.05. The van der Waals surface area contributed by atoms with Gasteiger partial charge in [-0.15, -0.1) is 11.3 Å². The van der Waals surface area contributed by atoms with Crippen molar-refractivity contribution in [3.05, 3.63) is 69.9 Å². The van der Waals surface area contributed by atoms with Gasteiger partial charge in [0.05, 0.1) is 10.6 Å². The highest BCUT2D eigenvalue weighted by molar-refractivity contribution is 9.10. The Morgan fingerprint density at radius 1 is 1.11 bits per heavy atom. The number of halogens is 2. The van der Waals surface area contributed by atoms with E-state index in [0.29, 0.717) is 17.8 Å². The van der Waals surface area contributed by atoms with E-state index in [1.807, 2.05) is 12.1 Å². The minimum absolute atomic E-state index is 0.0560.